The summed E-state index contributed by atoms with van der Waals surface area (Å²) in [5, 5.41) is 2.59. The first-order valence-electron chi connectivity index (χ1n) is 6.42. The van der Waals surface area contributed by atoms with E-state index in [2.05, 4.69) is 5.32 Å². The van der Waals surface area contributed by atoms with Gasteiger partial charge in [0, 0.05) is 0 Å². The SMILES string of the molecule is CC(C)C1NC(=O)C(C)N(c2cccc(Cl)c2F)C1=O. The summed E-state index contributed by atoms with van der Waals surface area (Å²) in [7, 11) is 0. The zero-order valence-corrected chi connectivity index (χ0v) is 12.2. The molecule has 6 heteroatoms. The third-order valence-electron chi connectivity index (χ3n) is 3.43. The molecule has 2 unspecified atom stereocenters. The molecule has 1 saturated heterocycles. The molecule has 2 rings (SSSR count). The topological polar surface area (TPSA) is 49.4 Å². The van der Waals surface area contributed by atoms with Crippen molar-refractivity contribution in [3.05, 3.63) is 29.0 Å². The summed E-state index contributed by atoms with van der Waals surface area (Å²) in [6, 6.07) is 2.98. The number of rotatable bonds is 2. The van der Waals surface area contributed by atoms with Gasteiger partial charge in [-0.15, -0.1) is 0 Å². The van der Waals surface area contributed by atoms with E-state index in [1.807, 2.05) is 13.8 Å². The first-order valence-corrected chi connectivity index (χ1v) is 6.80. The summed E-state index contributed by atoms with van der Waals surface area (Å²) < 4.78 is 14.1. The van der Waals surface area contributed by atoms with Crippen LogP contribution in [0.5, 0.6) is 0 Å². The lowest BCUT2D eigenvalue weighted by Gasteiger charge is -2.38. The van der Waals surface area contributed by atoms with Crippen LogP contribution in [0.4, 0.5) is 10.1 Å². The van der Waals surface area contributed by atoms with Crippen molar-refractivity contribution >= 4 is 29.1 Å². The second kappa shape index (κ2) is 5.40. The number of halogens is 2. The highest BCUT2D eigenvalue weighted by Gasteiger charge is 2.41. The molecule has 1 N–H and O–H groups in total. The van der Waals surface area contributed by atoms with E-state index in [0.717, 1.165) is 0 Å². The van der Waals surface area contributed by atoms with Crippen LogP contribution in [0.1, 0.15) is 20.8 Å². The van der Waals surface area contributed by atoms with Gasteiger partial charge in [0.05, 0.1) is 10.7 Å². The molecule has 0 aromatic heterocycles. The highest BCUT2D eigenvalue weighted by molar-refractivity contribution is 6.31. The number of nitrogens with zero attached hydrogens (tertiary/aromatic N) is 1. The Kier molecular flexibility index (Phi) is 3.99. The lowest BCUT2D eigenvalue weighted by Crippen LogP contribution is -2.64. The van der Waals surface area contributed by atoms with Gasteiger partial charge in [-0.2, -0.15) is 0 Å². The fraction of sp³-hybridized carbons (Fsp3) is 0.429. The van der Waals surface area contributed by atoms with Crippen LogP contribution < -0.4 is 10.2 Å². The Hall–Kier alpha value is -1.62. The molecule has 1 aromatic rings. The molecular formula is C14H16ClFN2O2. The van der Waals surface area contributed by atoms with Crippen molar-refractivity contribution in [3.8, 4) is 0 Å². The van der Waals surface area contributed by atoms with Gasteiger partial charge in [0.15, 0.2) is 5.82 Å². The fourth-order valence-corrected chi connectivity index (χ4v) is 2.42. The molecule has 2 atom stereocenters. The number of carbonyl (C=O) groups is 2. The maximum Gasteiger partial charge on any atom is 0.250 e. The number of hydrogen-bond donors (Lipinski definition) is 1. The molecule has 1 aliphatic rings. The molecule has 1 fully saturated rings. The fourth-order valence-electron chi connectivity index (χ4n) is 2.25. The number of anilines is 1. The van der Waals surface area contributed by atoms with Crippen LogP contribution in [0.3, 0.4) is 0 Å². The first kappa shape index (κ1) is 14.8. The molecule has 0 saturated carbocycles. The third kappa shape index (κ3) is 2.38. The van der Waals surface area contributed by atoms with Gasteiger partial charge >= 0.3 is 0 Å². The number of benzene rings is 1. The van der Waals surface area contributed by atoms with E-state index in [9.17, 15) is 14.0 Å². The second-order valence-corrected chi connectivity index (χ2v) is 5.59. The minimum atomic E-state index is -0.773. The molecule has 108 valence electrons. The van der Waals surface area contributed by atoms with Crippen molar-refractivity contribution in [3.63, 3.8) is 0 Å². The monoisotopic (exact) mass is 298 g/mol. The Morgan fingerprint density at radius 3 is 2.60 bits per heavy atom. The lowest BCUT2D eigenvalue weighted by atomic mass is 9.97. The molecule has 2 amide bonds. The second-order valence-electron chi connectivity index (χ2n) is 5.19. The predicted octanol–water partition coefficient (Wildman–Crippen LogP) is 2.36. The largest absolute Gasteiger partial charge is 0.342 e. The van der Waals surface area contributed by atoms with E-state index in [4.69, 9.17) is 11.6 Å². The van der Waals surface area contributed by atoms with Gasteiger partial charge in [-0.1, -0.05) is 31.5 Å². The Bertz CT molecular complexity index is 562. The number of nitrogens with one attached hydrogen (secondary N) is 1. The number of carbonyl (C=O) groups excluding carboxylic acids is 2. The van der Waals surface area contributed by atoms with Crippen molar-refractivity contribution in [1.29, 1.82) is 0 Å². The predicted molar refractivity (Wildman–Crippen MR) is 75.1 cm³/mol. The zero-order valence-electron chi connectivity index (χ0n) is 11.5. The Labute approximate surface area is 121 Å². The maximum atomic E-state index is 14.1. The van der Waals surface area contributed by atoms with Crippen LogP contribution in [0.2, 0.25) is 5.02 Å². The molecular weight excluding hydrogens is 283 g/mol. The standard InChI is InChI=1S/C14H16ClFN2O2/c1-7(2)12-14(20)18(8(3)13(19)17-12)10-6-4-5-9(15)11(10)16/h4-8,12H,1-3H3,(H,17,19). The first-order chi connectivity index (χ1) is 9.34. The van der Waals surface area contributed by atoms with Crippen molar-refractivity contribution < 1.29 is 14.0 Å². The van der Waals surface area contributed by atoms with Gasteiger partial charge in [-0.05, 0) is 25.0 Å². The minimum absolute atomic E-state index is 0.0375. The number of piperazine rings is 1. The van der Waals surface area contributed by atoms with E-state index in [1.54, 1.807) is 13.0 Å². The van der Waals surface area contributed by atoms with Gasteiger partial charge in [0.25, 0.3) is 5.91 Å². The van der Waals surface area contributed by atoms with Gasteiger partial charge < -0.3 is 5.32 Å². The number of amides is 2. The quantitative estimate of drug-likeness (QED) is 0.911. The van der Waals surface area contributed by atoms with Crippen molar-refractivity contribution in [2.45, 2.75) is 32.9 Å². The summed E-state index contributed by atoms with van der Waals surface area (Å²) >= 11 is 5.75. The molecule has 1 heterocycles. The van der Waals surface area contributed by atoms with Crippen molar-refractivity contribution in [2.75, 3.05) is 4.90 Å². The van der Waals surface area contributed by atoms with Crippen molar-refractivity contribution in [1.82, 2.24) is 5.32 Å². The molecule has 0 radical (unpaired) electrons. The molecule has 0 aliphatic carbocycles. The summed E-state index contributed by atoms with van der Waals surface area (Å²) in [5.41, 5.74) is 0.0375. The van der Waals surface area contributed by atoms with Gasteiger partial charge in [-0.3, -0.25) is 14.5 Å². The molecule has 0 bridgehead atoms. The van der Waals surface area contributed by atoms with Gasteiger partial charge in [0.1, 0.15) is 12.1 Å². The maximum absolute atomic E-state index is 14.1. The van der Waals surface area contributed by atoms with E-state index in [-0.39, 0.29) is 28.4 Å². The molecule has 1 aromatic carbocycles. The Balaban J connectivity index is 2.49. The average molecular weight is 299 g/mol. The summed E-state index contributed by atoms with van der Waals surface area (Å²) in [5.74, 6) is -1.40. The third-order valence-corrected chi connectivity index (χ3v) is 3.72. The van der Waals surface area contributed by atoms with Crippen LogP contribution >= 0.6 is 11.6 Å². The van der Waals surface area contributed by atoms with Gasteiger partial charge in [0.2, 0.25) is 5.91 Å². The van der Waals surface area contributed by atoms with Gasteiger partial charge in [-0.25, -0.2) is 4.39 Å². The highest BCUT2D eigenvalue weighted by Crippen LogP contribution is 2.29. The lowest BCUT2D eigenvalue weighted by molar-refractivity contribution is -0.134. The van der Waals surface area contributed by atoms with Crippen LogP contribution in [-0.2, 0) is 9.59 Å². The smallest absolute Gasteiger partial charge is 0.250 e. The van der Waals surface area contributed by atoms with E-state index < -0.39 is 17.9 Å². The Morgan fingerprint density at radius 1 is 1.35 bits per heavy atom. The van der Waals surface area contributed by atoms with Crippen molar-refractivity contribution in [2.24, 2.45) is 5.92 Å². The van der Waals surface area contributed by atoms with Crippen LogP contribution in [0.25, 0.3) is 0 Å². The molecule has 4 nitrogen and oxygen atoms in total. The minimum Gasteiger partial charge on any atom is -0.342 e. The molecule has 1 aliphatic heterocycles. The summed E-state index contributed by atoms with van der Waals surface area (Å²) in [6.07, 6.45) is 0. The van der Waals surface area contributed by atoms with Crippen LogP contribution in [0.15, 0.2) is 18.2 Å². The normalized spacial score (nSPS) is 23.2. The van der Waals surface area contributed by atoms with E-state index in [0.29, 0.717) is 0 Å². The molecule has 0 spiro atoms. The zero-order chi connectivity index (χ0) is 15.0. The average Bonchev–Trinajstić information content (AvgIpc) is 2.38. The van der Waals surface area contributed by atoms with E-state index >= 15 is 0 Å². The Morgan fingerprint density at radius 2 is 2.00 bits per heavy atom. The highest BCUT2D eigenvalue weighted by atomic mass is 35.5. The summed E-state index contributed by atoms with van der Waals surface area (Å²) in [6.45, 7) is 5.21. The summed E-state index contributed by atoms with van der Waals surface area (Å²) in [4.78, 5) is 25.6. The number of hydrogen-bond acceptors (Lipinski definition) is 2. The van der Waals surface area contributed by atoms with Crippen LogP contribution in [0, 0.1) is 11.7 Å². The molecule has 20 heavy (non-hydrogen) atoms. The van der Waals surface area contributed by atoms with E-state index in [1.165, 1.54) is 17.0 Å². The van der Waals surface area contributed by atoms with Crippen LogP contribution in [-0.4, -0.2) is 23.9 Å².